The molecular formula is C21H37N3O2. The fraction of sp³-hybridized carbons (Fsp3) is 0.714. The third kappa shape index (κ3) is 7.62. The largest absolute Gasteiger partial charge is 0.491 e. The lowest BCUT2D eigenvalue weighted by atomic mass is 10.1. The standard InChI is InChI=1S/C21H37N3O2/c1-5-23-9-11-24(12-10-23)16-20(25)17-26-21-8-6-7-19(13-21)15-22(4)14-18(2)3/h6-8,13,18,20,25H,5,9-12,14-17H2,1-4H3/t20-/m0/s1. The van der Waals surface area contributed by atoms with Gasteiger partial charge in [-0.05, 0) is 37.2 Å². The number of likely N-dealkylation sites (N-methyl/N-ethyl adjacent to an activating group) is 1. The van der Waals surface area contributed by atoms with Crippen molar-refractivity contribution in [3.8, 4) is 5.75 Å². The van der Waals surface area contributed by atoms with Crippen LogP contribution in [0.5, 0.6) is 5.75 Å². The van der Waals surface area contributed by atoms with Gasteiger partial charge in [0, 0.05) is 45.8 Å². The molecule has 5 heteroatoms. The maximum Gasteiger partial charge on any atom is 0.119 e. The molecular weight excluding hydrogens is 326 g/mol. The first-order valence-electron chi connectivity index (χ1n) is 9.99. The van der Waals surface area contributed by atoms with Gasteiger partial charge in [0.15, 0.2) is 0 Å². The Hall–Kier alpha value is -1.14. The number of aliphatic hydroxyl groups excluding tert-OH is 1. The molecule has 1 aliphatic rings. The second-order valence-corrected chi connectivity index (χ2v) is 7.94. The molecule has 0 spiro atoms. The number of hydrogen-bond acceptors (Lipinski definition) is 5. The summed E-state index contributed by atoms with van der Waals surface area (Å²) in [6, 6.07) is 8.22. The molecule has 0 amide bonds. The Morgan fingerprint density at radius 2 is 1.85 bits per heavy atom. The van der Waals surface area contributed by atoms with E-state index in [1.807, 2.05) is 12.1 Å². The average Bonchev–Trinajstić information content (AvgIpc) is 2.60. The van der Waals surface area contributed by atoms with Gasteiger partial charge in [-0.3, -0.25) is 4.90 Å². The average molecular weight is 364 g/mol. The van der Waals surface area contributed by atoms with E-state index in [1.54, 1.807) is 0 Å². The van der Waals surface area contributed by atoms with Crippen molar-refractivity contribution in [3.63, 3.8) is 0 Å². The summed E-state index contributed by atoms with van der Waals surface area (Å²) in [6.45, 7) is 15.1. The van der Waals surface area contributed by atoms with Gasteiger partial charge in [-0.25, -0.2) is 0 Å². The maximum absolute atomic E-state index is 10.3. The quantitative estimate of drug-likeness (QED) is 0.690. The molecule has 0 radical (unpaired) electrons. The van der Waals surface area contributed by atoms with Gasteiger partial charge in [0.2, 0.25) is 0 Å². The van der Waals surface area contributed by atoms with Crippen molar-refractivity contribution in [3.05, 3.63) is 29.8 Å². The van der Waals surface area contributed by atoms with Crippen LogP contribution in [0.3, 0.4) is 0 Å². The molecule has 1 aromatic carbocycles. The van der Waals surface area contributed by atoms with Gasteiger partial charge in [0.05, 0.1) is 0 Å². The fourth-order valence-electron chi connectivity index (χ4n) is 3.56. The van der Waals surface area contributed by atoms with Crippen LogP contribution in [-0.2, 0) is 6.54 Å². The maximum atomic E-state index is 10.3. The summed E-state index contributed by atoms with van der Waals surface area (Å²) in [7, 11) is 2.15. The molecule has 1 heterocycles. The molecule has 0 bridgehead atoms. The number of benzene rings is 1. The number of aliphatic hydroxyl groups is 1. The van der Waals surface area contributed by atoms with Crippen molar-refractivity contribution in [1.29, 1.82) is 0 Å². The Morgan fingerprint density at radius 1 is 1.15 bits per heavy atom. The van der Waals surface area contributed by atoms with Crippen LogP contribution in [0.4, 0.5) is 0 Å². The summed E-state index contributed by atoms with van der Waals surface area (Å²) < 4.78 is 5.85. The number of β-amino-alcohol motifs (C(OH)–C–C–N with tert-alkyl or cyclic N) is 1. The van der Waals surface area contributed by atoms with Gasteiger partial charge in [-0.15, -0.1) is 0 Å². The van der Waals surface area contributed by atoms with Gasteiger partial charge in [0.1, 0.15) is 18.5 Å². The highest BCUT2D eigenvalue weighted by atomic mass is 16.5. The van der Waals surface area contributed by atoms with Crippen LogP contribution in [-0.4, -0.2) is 85.4 Å². The summed E-state index contributed by atoms with van der Waals surface area (Å²) >= 11 is 0. The Balaban J connectivity index is 1.74. The van der Waals surface area contributed by atoms with E-state index in [2.05, 4.69) is 54.7 Å². The summed E-state index contributed by atoms with van der Waals surface area (Å²) in [5.41, 5.74) is 1.25. The minimum atomic E-state index is -0.449. The molecule has 148 valence electrons. The van der Waals surface area contributed by atoms with Crippen LogP contribution in [0.15, 0.2) is 24.3 Å². The number of ether oxygens (including phenoxy) is 1. The summed E-state index contributed by atoms with van der Waals surface area (Å²) in [4.78, 5) is 7.10. The lowest BCUT2D eigenvalue weighted by Crippen LogP contribution is -2.49. The molecule has 1 aromatic rings. The Morgan fingerprint density at radius 3 is 2.50 bits per heavy atom. The molecule has 0 aromatic heterocycles. The fourth-order valence-corrected chi connectivity index (χ4v) is 3.56. The SMILES string of the molecule is CCN1CCN(C[C@H](O)COc2cccc(CN(C)CC(C)C)c2)CC1. The first-order chi connectivity index (χ1) is 12.5. The summed E-state index contributed by atoms with van der Waals surface area (Å²) in [5, 5.41) is 10.3. The molecule has 1 atom stereocenters. The van der Waals surface area contributed by atoms with Gasteiger partial charge in [0.25, 0.3) is 0 Å². The Labute approximate surface area is 159 Å². The number of hydrogen-bond donors (Lipinski definition) is 1. The van der Waals surface area contributed by atoms with Crippen molar-refractivity contribution in [2.45, 2.75) is 33.4 Å². The van der Waals surface area contributed by atoms with Crippen molar-refractivity contribution in [2.24, 2.45) is 5.92 Å². The molecule has 2 rings (SSSR count). The first-order valence-corrected chi connectivity index (χ1v) is 9.99. The second-order valence-electron chi connectivity index (χ2n) is 7.94. The monoisotopic (exact) mass is 363 g/mol. The summed E-state index contributed by atoms with van der Waals surface area (Å²) in [6.07, 6.45) is -0.449. The Bertz CT molecular complexity index is 516. The van der Waals surface area contributed by atoms with E-state index in [4.69, 9.17) is 4.74 Å². The predicted octanol–water partition coefficient (Wildman–Crippen LogP) is 2.15. The minimum absolute atomic E-state index is 0.347. The van der Waals surface area contributed by atoms with Crippen molar-refractivity contribution in [1.82, 2.24) is 14.7 Å². The van der Waals surface area contributed by atoms with Gasteiger partial charge in [-0.2, -0.15) is 0 Å². The van der Waals surface area contributed by atoms with Crippen LogP contribution < -0.4 is 4.74 Å². The van der Waals surface area contributed by atoms with E-state index in [-0.39, 0.29) is 0 Å². The van der Waals surface area contributed by atoms with E-state index in [0.717, 1.165) is 51.6 Å². The first kappa shape index (κ1) is 21.2. The summed E-state index contributed by atoms with van der Waals surface area (Å²) in [5.74, 6) is 1.50. The molecule has 0 unspecified atom stereocenters. The molecule has 26 heavy (non-hydrogen) atoms. The number of rotatable bonds is 10. The van der Waals surface area contributed by atoms with Crippen LogP contribution in [0.1, 0.15) is 26.3 Å². The highest BCUT2D eigenvalue weighted by molar-refractivity contribution is 5.28. The number of piperazine rings is 1. The predicted molar refractivity (Wildman–Crippen MR) is 108 cm³/mol. The molecule has 0 saturated carbocycles. The molecule has 5 nitrogen and oxygen atoms in total. The molecule has 1 N–H and O–H groups in total. The van der Waals surface area contributed by atoms with Gasteiger partial charge < -0.3 is 19.6 Å². The lowest BCUT2D eigenvalue weighted by molar-refractivity contribution is 0.0470. The van der Waals surface area contributed by atoms with Crippen LogP contribution in [0.2, 0.25) is 0 Å². The zero-order chi connectivity index (χ0) is 18.9. The van der Waals surface area contributed by atoms with Gasteiger partial charge in [-0.1, -0.05) is 32.9 Å². The van der Waals surface area contributed by atoms with Crippen molar-refractivity contribution < 1.29 is 9.84 Å². The van der Waals surface area contributed by atoms with Crippen LogP contribution >= 0.6 is 0 Å². The van der Waals surface area contributed by atoms with Crippen LogP contribution in [0.25, 0.3) is 0 Å². The number of nitrogens with zero attached hydrogens (tertiary/aromatic N) is 3. The zero-order valence-electron chi connectivity index (χ0n) is 17.0. The zero-order valence-corrected chi connectivity index (χ0v) is 17.0. The lowest BCUT2D eigenvalue weighted by Gasteiger charge is -2.34. The molecule has 1 aliphatic heterocycles. The van der Waals surface area contributed by atoms with E-state index >= 15 is 0 Å². The van der Waals surface area contributed by atoms with Crippen molar-refractivity contribution >= 4 is 0 Å². The highest BCUT2D eigenvalue weighted by Gasteiger charge is 2.18. The highest BCUT2D eigenvalue weighted by Crippen LogP contribution is 2.15. The van der Waals surface area contributed by atoms with Crippen LogP contribution in [0, 0.1) is 5.92 Å². The van der Waals surface area contributed by atoms with Crippen molar-refractivity contribution in [2.75, 3.05) is 59.5 Å². The Kier molecular flexibility index (Phi) is 8.85. The van der Waals surface area contributed by atoms with E-state index in [9.17, 15) is 5.11 Å². The second kappa shape index (κ2) is 10.9. The van der Waals surface area contributed by atoms with Gasteiger partial charge >= 0.3 is 0 Å². The third-order valence-electron chi connectivity index (χ3n) is 4.85. The third-order valence-corrected chi connectivity index (χ3v) is 4.85. The normalized spacial score (nSPS) is 17.8. The van der Waals surface area contributed by atoms with E-state index in [0.29, 0.717) is 19.1 Å². The molecule has 1 fully saturated rings. The van der Waals surface area contributed by atoms with E-state index < -0.39 is 6.10 Å². The minimum Gasteiger partial charge on any atom is -0.491 e. The topological polar surface area (TPSA) is 39.2 Å². The van der Waals surface area contributed by atoms with E-state index in [1.165, 1.54) is 5.56 Å². The molecule has 1 saturated heterocycles. The molecule has 0 aliphatic carbocycles. The smallest absolute Gasteiger partial charge is 0.119 e.